The molecule has 0 amide bonds. The summed E-state index contributed by atoms with van der Waals surface area (Å²) in [7, 11) is 4.54. The van der Waals surface area contributed by atoms with Crippen molar-refractivity contribution in [2.75, 3.05) is 21.3 Å². The Morgan fingerprint density at radius 3 is 2.19 bits per heavy atom. The monoisotopic (exact) mass is 372 g/mol. The van der Waals surface area contributed by atoms with E-state index in [0.29, 0.717) is 34.8 Å². The van der Waals surface area contributed by atoms with Crippen LogP contribution in [0.4, 0.5) is 0 Å². The highest BCUT2D eigenvalue weighted by atomic mass is 16.5. The molecule has 6 heteroatoms. The van der Waals surface area contributed by atoms with E-state index in [1.165, 1.54) is 39.5 Å². The molecule has 0 saturated carbocycles. The van der Waals surface area contributed by atoms with Gasteiger partial charge in [0.05, 0.1) is 26.9 Å². The number of ketones is 1. The Morgan fingerprint density at radius 2 is 1.67 bits per heavy atom. The number of rotatable bonds is 8. The summed E-state index contributed by atoms with van der Waals surface area (Å²) in [6, 6.07) is 6.26. The highest BCUT2D eigenvalue weighted by molar-refractivity contribution is 6.09. The number of benzene rings is 2. The van der Waals surface area contributed by atoms with Gasteiger partial charge in [-0.25, -0.2) is 0 Å². The summed E-state index contributed by atoms with van der Waals surface area (Å²) in [5.41, 5.74) is 1.19. The first-order chi connectivity index (χ1) is 13.0. The average molecular weight is 372 g/mol. The standard InChI is InChI=1S/C21H24O6/c1-5-6-14-17(23)10-8-15(20(14)24)16(22)9-7-13-11-18(25-2)21(27-4)19(12-13)26-3/h7-12,23-24H,5-6H2,1-4H3/b9-7+. The van der Waals surface area contributed by atoms with Gasteiger partial charge in [0.25, 0.3) is 0 Å². The van der Waals surface area contributed by atoms with Crippen molar-refractivity contribution in [2.24, 2.45) is 0 Å². The Balaban J connectivity index is 2.36. The van der Waals surface area contributed by atoms with Crippen LogP contribution in [-0.4, -0.2) is 37.3 Å². The van der Waals surface area contributed by atoms with Crippen LogP contribution in [0.15, 0.2) is 30.3 Å². The molecule has 144 valence electrons. The second kappa shape index (κ2) is 8.98. The van der Waals surface area contributed by atoms with Crippen LogP contribution < -0.4 is 14.2 Å². The maximum Gasteiger partial charge on any atom is 0.203 e. The number of phenolic OH excluding ortho intramolecular Hbond substituents is 2. The predicted octanol–water partition coefficient (Wildman–Crippen LogP) is 3.97. The summed E-state index contributed by atoms with van der Waals surface area (Å²) in [5.74, 6) is 0.835. The van der Waals surface area contributed by atoms with Gasteiger partial charge in [-0.2, -0.15) is 0 Å². The second-order valence-electron chi connectivity index (χ2n) is 5.87. The van der Waals surface area contributed by atoms with Gasteiger partial charge in [0.15, 0.2) is 17.3 Å². The lowest BCUT2D eigenvalue weighted by molar-refractivity contribution is 0.104. The number of hydrogen-bond donors (Lipinski definition) is 2. The average Bonchev–Trinajstić information content (AvgIpc) is 2.68. The van der Waals surface area contributed by atoms with E-state index in [1.807, 2.05) is 6.92 Å². The lowest BCUT2D eigenvalue weighted by Gasteiger charge is -2.13. The predicted molar refractivity (Wildman–Crippen MR) is 103 cm³/mol. The number of ether oxygens (including phenoxy) is 3. The molecule has 0 spiro atoms. The second-order valence-corrected chi connectivity index (χ2v) is 5.87. The molecule has 0 radical (unpaired) electrons. The molecular formula is C21H24O6. The fourth-order valence-corrected chi connectivity index (χ4v) is 2.78. The fraction of sp³-hybridized carbons (Fsp3) is 0.286. The number of carbonyl (C=O) groups is 1. The maximum absolute atomic E-state index is 12.5. The summed E-state index contributed by atoms with van der Waals surface area (Å²) in [5, 5.41) is 20.2. The van der Waals surface area contributed by atoms with E-state index in [-0.39, 0.29) is 22.8 Å². The van der Waals surface area contributed by atoms with Crippen LogP contribution in [0.3, 0.4) is 0 Å². The number of aromatic hydroxyl groups is 2. The van der Waals surface area contributed by atoms with Crippen LogP contribution in [0, 0.1) is 0 Å². The summed E-state index contributed by atoms with van der Waals surface area (Å²) in [6.45, 7) is 1.93. The summed E-state index contributed by atoms with van der Waals surface area (Å²) in [6.07, 6.45) is 4.16. The fourth-order valence-electron chi connectivity index (χ4n) is 2.78. The minimum Gasteiger partial charge on any atom is -0.508 e. The summed E-state index contributed by atoms with van der Waals surface area (Å²) >= 11 is 0. The van der Waals surface area contributed by atoms with Gasteiger partial charge in [-0.3, -0.25) is 4.79 Å². The van der Waals surface area contributed by atoms with Crippen molar-refractivity contribution in [2.45, 2.75) is 19.8 Å². The summed E-state index contributed by atoms with van der Waals surface area (Å²) in [4.78, 5) is 12.5. The molecule has 0 aliphatic carbocycles. The van der Waals surface area contributed by atoms with Crippen molar-refractivity contribution in [1.82, 2.24) is 0 Å². The van der Waals surface area contributed by atoms with Gasteiger partial charge in [-0.1, -0.05) is 19.4 Å². The zero-order chi connectivity index (χ0) is 20.0. The molecule has 0 aliphatic rings. The molecule has 0 aliphatic heterocycles. The lowest BCUT2D eigenvalue weighted by atomic mass is 10.0. The molecule has 0 fully saturated rings. The molecule has 0 saturated heterocycles. The molecule has 0 unspecified atom stereocenters. The molecule has 0 aromatic heterocycles. The van der Waals surface area contributed by atoms with Crippen molar-refractivity contribution in [1.29, 1.82) is 0 Å². The van der Waals surface area contributed by atoms with Crippen LogP contribution in [0.25, 0.3) is 6.08 Å². The first-order valence-corrected chi connectivity index (χ1v) is 8.53. The summed E-state index contributed by atoms with van der Waals surface area (Å²) < 4.78 is 15.9. The topological polar surface area (TPSA) is 85.2 Å². The third-order valence-electron chi connectivity index (χ3n) is 4.14. The van der Waals surface area contributed by atoms with Crippen molar-refractivity contribution in [3.05, 3.63) is 47.0 Å². The van der Waals surface area contributed by atoms with Gasteiger partial charge >= 0.3 is 0 Å². The van der Waals surface area contributed by atoms with Gasteiger partial charge in [-0.15, -0.1) is 0 Å². The molecular weight excluding hydrogens is 348 g/mol. The zero-order valence-electron chi connectivity index (χ0n) is 15.9. The van der Waals surface area contributed by atoms with Crippen molar-refractivity contribution >= 4 is 11.9 Å². The zero-order valence-corrected chi connectivity index (χ0v) is 15.9. The van der Waals surface area contributed by atoms with Gasteiger partial charge in [0.2, 0.25) is 5.75 Å². The van der Waals surface area contributed by atoms with E-state index in [0.717, 1.165) is 6.42 Å². The highest BCUT2D eigenvalue weighted by Crippen LogP contribution is 2.38. The Hall–Kier alpha value is -3.15. The Bertz CT molecular complexity index is 829. The van der Waals surface area contributed by atoms with E-state index >= 15 is 0 Å². The van der Waals surface area contributed by atoms with Crippen LogP contribution in [0.1, 0.15) is 34.8 Å². The van der Waals surface area contributed by atoms with Crippen molar-refractivity contribution in [3.63, 3.8) is 0 Å². The maximum atomic E-state index is 12.5. The molecule has 6 nitrogen and oxygen atoms in total. The molecule has 0 heterocycles. The number of phenols is 2. The highest BCUT2D eigenvalue weighted by Gasteiger charge is 2.16. The van der Waals surface area contributed by atoms with Gasteiger partial charge < -0.3 is 24.4 Å². The first-order valence-electron chi connectivity index (χ1n) is 8.53. The molecule has 2 aromatic rings. The minimum atomic E-state index is -0.376. The van der Waals surface area contributed by atoms with Crippen LogP contribution >= 0.6 is 0 Å². The largest absolute Gasteiger partial charge is 0.508 e. The Labute approximate surface area is 158 Å². The van der Waals surface area contributed by atoms with E-state index in [2.05, 4.69) is 0 Å². The Morgan fingerprint density at radius 1 is 1.04 bits per heavy atom. The number of methoxy groups -OCH3 is 3. The molecule has 0 bridgehead atoms. The van der Waals surface area contributed by atoms with E-state index in [9.17, 15) is 15.0 Å². The quantitative estimate of drug-likeness (QED) is 0.539. The molecule has 2 aromatic carbocycles. The molecule has 0 atom stereocenters. The molecule has 2 rings (SSSR count). The lowest BCUT2D eigenvalue weighted by Crippen LogP contribution is -1.99. The van der Waals surface area contributed by atoms with E-state index < -0.39 is 0 Å². The Kier molecular flexibility index (Phi) is 6.71. The third kappa shape index (κ3) is 4.34. The van der Waals surface area contributed by atoms with Crippen molar-refractivity contribution in [3.8, 4) is 28.7 Å². The third-order valence-corrected chi connectivity index (χ3v) is 4.14. The molecule has 27 heavy (non-hydrogen) atoms. The van der Waals surface area contributed by atoms with Crippen LogP contribution in [-0.2, 0) is 6.42 Å². The number of allylic oxidation sites excluding steroid dienone is 1. The normalized spacial score (nSPS) is 10.8. The van der Waals surface area contributed by atoms with Crippen LogP contribution in [0.2, 0.25) is 0 Å². The van der Waals surface area contributed by atoms with Gasteiger partial charge in [-0.05, 0) is 42.3 Å². The van der Waals surface area contributed by atoms with Gasteiger partial charge in [0.1, 0.15) is 11.5 Å². The number of carbonyl (C=O) groups excluding carboxylic acids is 1. The van der Waals surface area contributed by atoms with E-state index in [4.69, 9.17) is 14.2 Å². The minimum absolute atomic E-state index is 0.0143. The van der Waals surface area contributed by atoms with Crippen molar-refractivity contribution < 1.29 is 29.2 Å². The molecule has 2 N–H and O–H groups in total. The number of hydrogen-bond acceptors (Lipinski definition) is 6. The first kappa shape index (κ1) is 20.2. The van der Waals surface area contributed by atoms with Gasteiger partial charge in [0, 0.05) is 5.56 Å². The SMILES string of the molecule is CCCc1c(O)ccc(C(=O)/C=C/c2cc(OC)c(OC)c(OC)c2)c1O. The smallest absolute Gasteiger partial charge is 0.203 e. The van der Waals surface area contributed by atoms with E-state index in [1.54, 1.807) is 18.2 Å². The van der Waals surface area contributed by atoms with Crippen LogP contribution in [0.5, 0.6) is 28.7 Å².